The molecule has 6 heteroatoms. The maximum absolute atomic E-state index is 5.54. The summed E-state index contributed by atoms with van der Waals surface area (Å²) in [7, 11) is 4.83. The van der Waals surface area contributed by atoms with Crippen molar-refractivity contribution in [3.8, 4) is 28.6 Å². The number of aromatic nitrogens is 2. The molecular weight excluding hydrogens is 432 g/mol. The first-order valence-electron chi connectivity index (χ1n) is 9.14. The van der Waals surface area contributed by atoms with Crippen LogP contribution in [0.4, 0.5) is 0 Å². The van der Waals surface area contributed by atoms with Gasteiger partial charge in [-0.15, -0.1) is 0 Å². The molecule has 0 aliphatic heterocycles. The van der Waals surface area contributed by atoms with Gasteiger partial charge in [-0.1, -0.05) is 46.3 Å². The number of imidazole rings is 1. The summed E-state index contributed by atoms with van der Waals surface area (Å²) >= 11 is 3.55. The Labute approximate surface area is 178 Å². The normalized spacial score (nSPS) is 10.9. The SMILES string of the molecule is COc1cc(-c2nc3cc(Br)ccc3n2Cc2ccccc2)cc(OC)c1OC. The number of ether oxygens (including phenoxy) is 3. The number of benzene rings is 3. The van der Waals surface area contributed by atoms with Gasteiger partial charge in [-0.3, -0.25) is 0 Å². The van der Waals surface area contributed by atoms with Crippen LogP contribution in [-0.2, 0) is 6.54 Å². The number of fused-ring (bicyclic) bond motifs is 1. The molecule has 0 amide bonds. The van der Waals surface area contributed by atoms with Crippen LogP contribution in [0, 0.1) is 0 Å². The zero-order valence-electron chi connectivity index (χ0n) is 16.5. The maximum atomic E-state index is 5.54. The summed E-state index contributed by atoms with van der Waals surface area (Å²) in [5, 5.41) is 0. The van der Waals surface area contributed by atoms with Crippen molar-refractivity contribution in [2.75, 3.05) is 21.3 Å². The van der Waals surface area contributed by atoms with Crippen molar-refractivity contribution in [1.29, 1.82) is 0 Å². The van der Waals surface area contributed by atoms with Crippen molar-refractivity contribution < 1.29 is 14.2 Å². The fourth-order valence-electron chi connectivity index (χ4n) is 3.46. The van der Waals surface area contributed by atoms with E-state index in [9.17, 15) is 0 Å². The highest BCUT2D eigenvalue weighted by atomic mass is 79.9. The highest BCUT2D eigenvalue weighted by Gasteiger charge is 2.19. The summed E-state index contributed by atoms with van der Waals surface area (Å²) in [4.78, 5) is 4.93. The molecule has 0 bridgehead atoms. The molecule has 0 fully saturated rings. The predicted octanol–water partition coefficient (Wildman–Crippen LogP) is 5.54. The third-order valence-electron chi connectivity index (χ3n) is 4.82. The molecule has 4 aromatic rings. The fraction of sp³-hybridized carbons (Fsp3) is 0.174. The van der Waals surface area contributed by atoms with E-state index < -0.39 is 0 Å². The lowest BCUT2D eigenvalue weighted by atomic mass is 10.1. The maximum Gasteiger partial charge on any atom is 0.203 e. The highest BCUT2D eigenvalue weighted by Crippen LogP contribution is 2.41. The van der Waals surface area contributed by atoms with E-state index in [0.29, 0.717) is 23.8 Å². The molecule has 0 radical (unpaired) electrons. The summed E-state index contributed by atoms with van der Waals surface area (Å²) in [6.45, 7) is 0.699. The van der Waals surface area contributed by atoms with E-state index >= 15 is 0 Å². The van der Waals surface area contributed by atoms with Crippen LogP contribution in [0.5, 0.6) is 17.2 Å². The molecule has 4 rings (SSSR count). The summed E-state index contributed by atoms with van der Waals surface area (Å²) in [6, 6.07) is 20.3. The van der Waals surface area contributed by atoms with E-state index in [0.717, 1.165) is 26.9 Å². The third-order valence-corrected chi connectivity index (χ3v) is 5.31. The second-order valence-electron chi connectivity index (χ2n) is 6.55. The molecule has 3 aromatic carbocycles. The number of methoxy groups -OCH3 is 3. The molecule has 0 aliphatic rings. The second-order valence-corrected chi connectivity index (χ2v) is 7.47. The van der Waals surface area contributed by atoms with E-state index in [4.69, 9.17) is 19.2 Å². The molecule has 5 nitrogen and oxygen atoms in total. The van der Waals surface area contributed by atoms with Crippen molar-refractivity contribution in [1.82, 2.24) is 9.55 Å². The number of halogens is 1. The summed E-state index contributed by atoms with van der Waals surface area (Å²) in [5.74, 6) is 2.59. The Bertz CT molecular complexity index is 1130. The number of hydrogen-bond acceptors (Lipinski definition) is 4. The smallest absolute Gasteiger partial charge is 0.203 e. The van der Waals surface area contributed by atoms with Gasteiger partial charge in [0.05, 0.1) is 32.4 Å². The minimum absolute atomic E-state index is 0.562. The summed E-state index contributed by atoms with van der Waals surface area (Å²) in [6.07, 6.45) is 0. The zero-order valence-corrected chi connectivity index (χ0v) is 18.1. The monoisotopic (exact) mass is 452 g/mol. The molecule has 1 heterocycles. The standard InChI is InChI=1S/C23H21BrN2O3/c1-27-20-11-16(12-21(28-2)22(20)29-3)23-25-18-13-17(24)9-10-19(18)26(23)14-15-7-5-4-6-8-15/h4-13H,14H2,1-3H3. The minimum Gasteiger partial charge on any atom is -0.493 e. The van der Waals surface area contributed by atoms with Gasteiger partial charge in [0.1, 0.15) is 5.82 Å². The van der Waals surface area contributed by atoms with Crippen molar-refractivity contribution in [3.63, 3.8) is 0 Å². The molecule has 148 valence electrons. The van der Waals surface area contributed by atoms with Crippen molar-refractivity contribution in [3.05, 3.63) is 70.7 Å². The van der Waals surface area contributed by atoms with Gasteiger partial charge in [-0.25, -0.2) is 4.98 Å². The van der Waals surface area contributed by atoms with Crippen LogP contribution in [-0.4, -0.2) is 30.9 Å². The quantitative estimate of drug-likeness (QED) is 0.385. The van der Waals surface area contributed by atoms with Crippen molar-refractivity contribution in [2.45, 2.75) is 6.54 Å². The first-order chi connectivity index (χ1) is 14.1. The molecular formula is C23H21BrN2O3. The molecule has 0 N–H and O–H groups in total. The summed E-state index contributed by atoms with van der Waals surface area (Å²) in [5.41, 5.74) is 4.06. The molecule has 0 saturated heterocycles. The second kappa shape index (κ2) is 8.17. The van der Waals surface area contributed by atoms with Gasteiger partial charge >= 0.3 is 0 Å². The Morgan fingerprint density at radius 1 is 0.862 bits per heavy atom. The lowest BCUT2D eigenvalue weighted by Gasteiger charge is -2.15. The molecule has 0 spiro atoms. The van der Waals surface area contributed by atoms with E-state index in [1.807, 2.05) is 42.5 Å². The largest absolute Gasteiger partial charge is 0.493 e. The van der Waals surface area contributed by atoms with E-state index in [1.54, 1.807) is 21.3 Å². The van der Waals surface area contributed by atoms with Gasteiger partial charge in [0.15, 0.2) is 11.5 Å². The Morgan fingerprint density at radius 3 is 2.17 bits per heavy atom. The topological polar surface area (TPSA) is 45.5 Å². The van der Waals surface area contributed by atoms with Crippen molar-refractivity contribution in [2.24, 2.45) is 0 Å². The molecule has 0 atom stereocenters. The van der Waals surface area contributed by atoms with Crippen LogP contribution in [0.1, 0.15) is 5.56 Å². The zero-order chi connectivity index (χ0) is 20.4. The van der Waals surface area contributed by atoms with Crippen molar-refractivity contribution >= 4 is 27.0 Å². The number of nitrogens with zero attached hydrogens (tertiary/aromatic N) is 2. The molecule has 0 aliphatic carbocycles. The van der Waals surface area contributed by atoms with Crippen LogP contribution in [0.2, 0.25) is 0 Å². The molecule has 1 aromatic heterocycles. The van der Waals surface area contributed by atoms with Gasteiger partial charge < -0.3 is 18.8 Å². The van der Waals surface area contributed by atoms with Gasteiger partial charge in [-0.05, 0) is 35.9 Å². The van der Waals surface area contributed by atoms with Gasteiger partial charge in [0, 0.05) is 16.6 Å². The van der Waals surface area contributed by atoms with E-state index in [1.165, 1.54) is 5.56 Å². The third kappa shape index (κ3) is 3.68. The number of hydrogen-bond donors (Lipinski definition) is 0. The fourth-order valence-corrected chi connectivity index (χ4v) is 3.81. The first-order valence-corrected chi connectivity index (χ1v) is 9.94. The van der Waals surface area contributed by atoms with Gasteiger partial charge in [0.25, 0.3) is 0 Å². The Morgan fingerprint density at radius 2 is 1.55 bits per heavy atom. The van der Waals surface area contributed by atoms with Gasteiger partial charge in [-0.2, -0.15) is 0 Å². The van der Waals surface area contributed by atoms with E-state index in [-0.39, 0.29) is 0 Å². The van der Waals surface area contributed by atoms with Crippen LogP contribution in [0.15, 0.2) is 65.1 Å². The molecule has 0 unspecified atom stereocenters. The van der Waals surface area contributed by atoms with Crippen LogP contribution >= 0.6 is 15.9 Å². The Hall–Kier alpha value is -2.99. The summed E-state index contributed by atoms with van der Waals surface area (Å²) < 4.78 is 19.7. The molecule has 0 saturated carbocycles. The van der Waals surface area contributed by atoms with Gasteiger partial charge in [0.2, 0.25) is 5.75 Å². The van der Waals surface area contributed by atoms with Crippen LogP contribution in [0.3, 0.4) is 0 Å². The minimum atomic E-state index is 0.562. The predicted molar refractivity (Wildman–Crippen MR) is 118 cm³/mol. The Balaban J connectivity index is 1.94. The highest BCUT2D eigenvalue weighted by molar-refractivity contribution is 9.10. The average molecular weight is 453 g/mol. The lowest BCUT2D eigenvalue weighted by Crippen LogP contribution is -2.03. The molecule has 29 heavy (non-hydrogen) atoms. The average Bonchev–Trinajstić information content (AvgIpc) is 3.10. The number of rotatable bonds is 6. The lowest BCUT2D eigenvalue weighted by molar-refractivity contribution is 0.324. The van der Waals surface area contributed by atoms with E-state index in [2.05, 4.69) is 38.7 Å². The Kier molecular flexibility index (Phi) is 5.45. The first kappa shape index (κ1) is 19.3. The van der Waals surface area contributed by atoms with Crippen LogP contribution in [0.25, 0.3) is 22.4 Å². The van der Waals surface area contributed by atoms with Crippen LogP contribution < -0.4 is 14.2 Å².